The average molecular weight is 735 g/mol. The Kier molecular flexibility index (Phi) is 17.3. The van der Waals surface area contributed by atoms with Gasteiger partial charge < -0.3 is 63.6 Å². The van der Waals surface area contributed by atoms with E-state index in [0.29, 0.717) is 32.2 Å². The zero-order valence-electron chi connectivity index (χ0n) is 27.9. The van der Waals surface area contributed by atoms with E-state index in [9.17, 15) is 34.6 Å². The maximum absolute atomic E-state index is 12.5. The van der Waals surface area contributed by atoms with Gasteiger partial charge in [0.25, 0.3) is 0 Å². The Morgan fingerprint density at radius 1 is 1.04 bits per heavy atom. The van der Waals surface area contributed by atoms with E-state index in [1.807, 2.05) is 38.2 Å². The summed E-state index contributed by atoms with van der Waals surface area (Å²) in [5.41, 5.74) is 0.803. The maximum Gasteiger partial charge on any atom is 0.508 e. The molecule has 16 nitrogen and oxygen atoms in total. The van der Waals surface area contributed by atoms with Gasteiger partial charge in [0.1, 0.15) is 57.6 Å². The third-order valence-corrected chi connectivity index (χ3v) is 9.88. The second kappa shape index (κ2) is 20.6. The highest BCUT2D eigenvalue weighted by Gasteiger charge is 2.46. The van der Waals surface area contributed by atoms with Gasteiger partial charge in [0.15, 0.2) is 6.29 Å². The van der Waals surface area contributed by atoms with Crippen LogP contribution in [0, 0.1) is 5.92 Å². The number of hydrogen-bond acceptors (Lipinski definition) is 14. The van der Waals surface area contributed by atoms with Gasteiger partial charge in [-0.2, -0.15) is 0 Å². The lowest BCUT2D eigenvalue weighted by Crippen LogP contribution is -2.64. The molecule has 2 unspecified atom stereocenters. The molecule has 2 heterocycles. The van der Waals surface area contributed by atoms with Crippen molar-refractivity contribution in [1.82, 2.24) is 10.6 Å². The van der Waals surface area contributed by atoms with Crippen LogP contribution in [0.3, 0.4) is 0 Å². The van der Waals surface area contributed by atoms with E-state index in [-0.39, 0.29) is 44.1 Å². The second-order valence-electron chi connectivity index (χ2n) is 11.9. The highest BCUT2D eigenvalue weighted by Crippen LogP contribution is 2.48. The van der Waals surface area contributed by atoms with Gasteiger partial charge in [0.05, 0.1) is 6.61 Å². The minimum atomic E-state index is -3.59. The smallest absolute Gasteiger partial charge is 0.431 e. The minimum Gasteiger partial charge on any atom is -0.431 e. The fourth-order valence-electron chi connectivity index (χ4n) is 5.64. The number of nitrogens with one attached hydrogen (secondary N) is 2. The standard InChI is InChI=1S/C30H48BN2O14PS/c1-18(35)33-24-26(38)25(37)21(15-34)46-29(24)42-14-7-6-12-23(36)32-13-8-11-20-27(47-48(40,49)41-2)22(45-28(20)31)17-44-30(39)43-16-19-9-4-3-5-10-19/h3-5,9-10,20-22,24-29,34,37-38H,6-8,11-17,31H2,1-2H3,(H,32,36)(H,33,35)(H,40,49)/t20?,21-,22-,24-,25+,26-,27-,28-,29-,48?/m1/s1. The average Bonchev–Trinajstić information content (AvgIpc) is 3.36. The lowest BCUT2D eigenvalue weighted by atomic mass is 9.82. The van der Waals surface area contributed by atoms with Crippen LogP contribution in [0.5, 0.6) is 0 Å². The number of unbranched alkanes of at least 4 members (excludes halogenated alkanes) is 1. The number of carbonyl (C=O) groups is 3. The predicted molar refractivity (Wildman–Crippen MR) is 179 cm³/mol. The van der Waals surface area contributed by atoms with Crippen LogP contribution in [0.1, 0.15) is 44.6 Å². The second-order valence-corrected chi connectivity index (χ2v) is 14.8. The molecule has 0 bridgehead atoms. The number of rotatable bonds is 19. The van der Waals surface area contributed by atoms with Crippen LogP contribution in [0.4, 0.5) is 4.79 Å². The monoisotopic (exact) mass is 734 g/mol. The summed E-state index contributed by atoms with van der Waals surface area (Å²) in [4.78, 5) is 46.6. The van der Waals surface area contributed by atoms with E-state index in [1.165, 1.54) is 14.0 Å². The number of aliphatic hydroxyl groups excluding tert-OH is 3. The van der Waals surface area contributed by atoms with Crippen molar-refractivity contribution in [2.24, 2.45) is 5.92 Å². The normalized spacial score (nSPS) is 29.5. The molecule has 0 spiro atoms. The molecule has 10 atom stereocenters. The largest absolute Gasteiger partial charge is 0.508 e. The molecule has 1 aromatic rings. The third-order valence-electron chi connectivity index (χ3n) is 8.20. The Morgan fingerprint density at radius 3 is 2.45 bits per heavy atom. The molecule has 1 aromatic carbocycles. The Hall–Kier alpha value is -2.22. The molecular formula is C30H48BN2O14PS. The van der Waals surface area contributed by atoms with Crippen LogP contribution < -0.4 is 10.6 Å². The van der Waals surface area contributed by atoms with Crippen LogP contribution in [0.15, 0.2) is 30.3 Å². The Morgan fingerprint density at radius 2 is 1.78 bits per heavy atom. The summed E-state index contributed by atoms with van der Waals surface area (Å²) in [6.07, 6.45) is -5.05. The van der Waals surface area contributed by atoms with E-state index >= 15 is 0 Å². The summed E-state index contributed by atoms with van der Waals surface area (Å²) in [5, 5.41) is 35.3. The molecule has 49 heavy (non-hydrogen) atoms. The maximum atomic E-state index is 12.5. The number of hydrogen-bond donors (Lipinski definition) is 6. The van der Waals surface area contributed by atoms with Crippen molar-refractivity contribution in [1.29, 1.82) is 0 Å². The highest BCUT2D eigenvalue weighted by atomic mass is 32.5. The molecule has 19 heteroatoms. The fraction of sp³-hybridized carbons (Fsp3) is 0.700. The fourth-order valence-corrected chi connectivity index (χ4v) is 6.62. The number of amides is 2. The molecule has 0 radical (unpaired) electrons. The lowest BCUT2D eigenvalue weighted by Gasteiger charge is -2.42. The van der Waals surface area contributed by atoms with Gasteiger partial charge in [-0.1, -0.05) is 30.3 Å². The zero-order chi connectivity index (χ0) is 36.0. The van der Waals surface area contributed by atoms with E-state index in [4.69, 9.17) is 44.5 Å². The molecule has 2 aliphatic heterocycles. The number of aliphatic hydroxyl groups is 3. The topological polar surface area (TPSA) is 221 Å². The predicted octanol–water partition coefficient (Wildman–Crippen LogP) is -0.411. The first-order valence-corrected chi connectivity index (χ1v) is 18.8. The molecule has 6 N–H and O–H groups in total. The Balaban J connectivity index is 1.39. The molecule has 2 fully saturated rings. The van der Waals surface area contributed by atoms with Crippen LogP contribution >= 0.6 is 6.72 Å². The summed E-state index contributed by atoms with van der Waals surface area (Å²) in [6.45, 7) is -2.51. The SMILES string of the molecule is B[C@@H]1O[C@H](COC(=O)OCc2ccccc2)[C@H](OP(O)(=S)OC)C1CCCNC(=O)CCCCO[C@@H]1O[C@H](CO)[C@H](O)[C@H](O)[C@H]1NC(C)=O. The van der Waals surface area contributed by atoms with E-state index in [1.54, 1.807) is 0 Å². The van der Waals surface area contributed by atoms with Crippen molar-refractivity contribution in [3.8, 4) is 0 Å². The quantitative estimate of drug-likeness (QED) is 0.0461. The molecule has 0 saturated carbocycles. The van der Waals surface area contributed by atoms with Crippen LogP contribution in [-0.2, 0) is 60.7 Å². The number of benzene rings is 1. The van der Waals surface area contributed by atoms with Crippen LogP contribution in [-0.4, -0.2) is 128 Å². The molecule has 0 aliphatic carbocycles. The number of ether oxygens (including phenoxy) is 5. The molecule has 3 rings (SSSR count). The van der Waals surface area contributed by atoms with Crippen molar-refractivity contribution >= 4 is 44.3 Å². The van der Waals surface area contributed by atoms with Gasteiger partial charge >= 0.3 is 12.9 Å². The lowest BCUT2D eigenvalue weighted by molar-refractivity contribution is -0.270. The van der Waals surface area contributed by atoms with Crippen LogP contribution in [0.25, 0.3) is 0 Å². The third kappa shape index (κ3) is 13.4. The molecule has 2 amide bonds. The molecular weight excluding hydrogens is 686 g/mol. The van der Waals surface area contributed by atoms with Gasteiger partial charge in [-0.15, -0.1) is 0 Å². The highest BCUT2D eigenvalue weighted by molar-refractivity contribution is 8.07. The summed E-state index contributed by atoms with van der Waals surface area (Å²) in [6, 6.07) is 7.77. The van der Waals surface area contributed by atoms with Crippen molar-refractivity contribution in [2.75, 3.05) is 33.5 Å². The van der Waals surface area contributed by atoms with Crippen molar-refractivity contribution in [3.63, 3.8) is 0 Å². The van der Waals surface area contributed by atoms with Crippen molar-refractivity contribution < 1.29 is 67.3 Å². The van der Waals surface area contributed by atoms with Gasteiger partial charge in [-0.05, 0) is 43.1 Å². The van der Waals surface area contributed by atoms with Crippen molar-refractivity contribution in [2.45, 2.75) is 94.5 Å². The molecule has 2 saturated heterocycles. The van der Waals surface area contributed by atoms with Gasteiger partial charge in [0, 0.05) is 45.5 Å². The zero-order valence-corrected chi connectivity index (χ0v) is 29.6. The summed E-state index contributed by atoms with van der Waals surface area (Å²) in [7, 11) is 3.09. The van der Waals surface area contributed by atoms with Gasteiger partial charge in [-0.25, -0.2) is 4.79 Å². The first-order valence-electron chi connectivity index (χ1n) is 16.2. The molecule has 2 aliphatic rings. The summed E-state index contributed by atoms with van der Waals surface area (Å²) < 4.78 is 38.4. The summed E-state index contributed by atoms with van der Waals surface area (Å²) in [5.74, 6) is -0.867. The number of carbonyl (C=O) groups excluding carboxylic acids is 3. The first kappa shape index (κ1) is 41.2. The van der Waals surface area contributed by atoms with E-state index < -0.39 is 68.2 Å². The summed E-state index contributed by atoms with van der Waals surface area (Å²) >= 11 is 5.08. The van der Waals surface area contributed by atoms with Crippen LogP contribution in [0.2, 0.25) is 0 Å². The van der Waals surface area contributed by atoms with Crippen molar-refractivity contribution in [3.05, 3.63) is 35.9 Å². The van der Waals surface area contributed by atoms with Gasteiger partial charge in [-0.3, -0.25) is 9.59 Å². The molecule has 0 aromatic heterocycles. The van der Waals surface area contributed by atoms with Gasteiger partial charge in [0.2, 0.25) is 11.8 Å². The Bertz CT molecular complexity index is 1240. The van der Waals surface area contributed by atoms with E-state index in [2.05, 4.69) is 10.6 Å². The van der Waals surface area contributed by atoms with E-state index in [0.717, 1.165) is 5.56 Å². The first-order chi connectivity index (χ1) is 23.3. The Labute approximate surface area is 291 Å². The minimum absolute atomic E-state index is 0.0448. The molecule has 276 valence electrons.